The summed E-state index contributed by atoms with van der Waals surface area (Å²) in [7, 11) is 3.55. The van der Waals surface area contributed by atoms with Crippen molar-refractivity contribution in [3.63, 3.8) is 0 Å². The molecule has 6 heteroatoms. The van der Waals surface area contributed by atoms with Crippen LogP contribution in [0.15, 0.2) is 18.2 Å². The number of urea groups is 1. The molecular formula is C15H24FN3O2. The SMILES string of the molecule is CCCN(CCO)C(=O)NCc1ccc(N(C)C)c(F)c1. The number of anilines is 1. The number of hydrogen-bond donors (Lipinski definition) is 2. The molecule has 0 atom stereocenters. The Kier molecular flexibility index (Phi) is 6.94. The Morgan fingerprint density at radius 3 is 2.57 bits per heavy atom. The Bertz CT molecular complexity index is 460. The molecule has 0 saturated heterocycles. The van der Waals surface area contributed by atoms with Crippen molar-refractivity contribution in [1.82, 2.24) is 10.2 Å². The Balaban J connectivity index is 2.61. The molecular weight excluding hydrogens is 273 g/mol. The van der Waals surface area contributed by atoms with E-state index in [1.807, 2.05) is 6.92 Å². The van der Waals surface area contributed by atoms with Crippen molar-refractivity contribution in [2.75, 3.05) is 38.7 Å². The lowest BCUT2D eigenvalue weighted by atomic mass is 10.2. The lowest BCUT2D eigenvalue weighted by Gasteiger charge is -2.21. The number of aliphatic hydroxyl groups excluding tert-OH is 1. The first kappa shape index (κ1) is 17.2. The Morgan fingerprint density at radius 2 is 2.05 bits per heavy atom. The summed E-state index contributed by atoms with van der Waals surface area (Å²) in [6.45, 7) is 3.04. The minimum absolute atomic E-state index is 0.0699. The zero-order valence-electron chi connectivity index (χ0n) is 12.9. The fourth-order valence-corrected chi connectivity index (χ4v) is 2.02. The van der Waals surface area contributed by atoms with Crippen molar-refractivity contribution < 1.29 is 14.3 Å². The highest BCUT2D eigenvalue weighted by Crippen LogP contribution is 2.18. The van der Waals surface area contributed by atoms with Crippen LogP contribution in [0, 0.1) is 5.82 Å². The minimum Gasteiger partial charge on any atom is -0.395 e. The molecule has 0 aliphatic rings. The number of hydrogen-bond acceptors (Lipinski definition) is 3. The van der Waals surface area contributed by atoms with Crippen LogP contribution in [0.25, 0.3) is 0 Å². The number of benzene rings is 1. The maximum absolute atomic E-state index is 13.8. The fourth-order valence-electron chi connectivity index (χ4n) is 2.02. The van der Waals surface area contributed by atoms with Gasteiger partial charge in [0.15, 0.2) is 0 Å². The van der Waals surface area contributed by atoms with Gasteiger partial charge < -0.3 is 20.2 Å². The van der Waals surface area contributed by atoms with Crippen LogP contribution >= 0.6 is 0 Å². The first-order valence-electron chi connectivity index (χ1n) is 7.09. The summed E-state index contributed by atoms with van der Waals surface area (Å²) in [6, 6.07) is 4.65. The highest BCUT2D eigenvalue weighted by atomic mass is 19.1. The van der Waals surface area contributed by atoms with E-state index in [-0.39, 0.29) is 25.0 Å². The maximum atomic E-state index is 13.8. The highest BCUT2D eigenvalue weighted by Gasteiger charge is 2.12. The summed E-state index contributed by atoms with van der Waals surface area (Å²) in [6.07, 6.45) is 0.819. The van der Waals surface area contributed by atoms with Gasteiger partial charge in [0, 0.05) is 33.7 Å². The molecule has 1 aromatic carbocycles. The van der Waals surface area contributed by atoms with Gasteiger partial charge in [-0.05, 0) is 24.1 Å². The number of carbonyl (C=O) groups is 1. The van der Waals surface area contributed by atoms with Crippen molar-refractivity contribution in [2.45, 2.75) is 19.9 Å². The summed E-state index contributed by atoms with van der Waals surface area (Å²) in [5, 5.41) is 11.7. The van der Waals surface area contributed by atoms with Crippen molar-refractivity contribution >= 4 is 11.7 Å². The first-order valence-corrected chi connectivity index (χ1v) is 7.09. The predicted octanol–water partition coefficient (Wildman–Crippen LogP) is 1.81. The van der Waals surface area contributed by atoms with E-state index in [1.165, 1.54) is 6.07 Å². The molecule has 5 nitrogen and oxygen atoms in total. The van der Waals surface area contributed by atoms with Crippen molar-refractivity contribution in [2.24, 2.45) is 0 Å². The number of nitrogens with zero attached hydrogens (tertiary/aromatic N) is 2. The van der Waals surface area contributed by atoms with E-state index in [0.717, 1.165) is 6.42 Å². The number of aliphatic hydroxyl groups is 1. The number of amides is 2. The van der Waals surface area contributed by atoms with Gasteiger partial charge in [0.05, 0.1) is 12.3 Å². The molecule has 118 valence electrons. The molecule has 0 saturated carbocycles. The van der Waals surface area contributed by atoms with Gasteiger partial charge in [-0.15, -0.1) is 0 Å². The number of nitrogens with one attached hydrogen (secondary N) is 1. The molecule has 0 aliphatic carbocycles. The van der Waals surface area contributed by atoms with E-state index >= 15 is 0 Å². The van der Waals surface area contributed by atoms with Gasteiger partial charge in [-0.2, -0.15) is 0 Å². The molecule has 2 amide bonds. The van der Waals surface area contributed by atoms with Crippen LogP contribution < -0.4 is 10.2 Å². The molecule has 0 fully saturated rings. The van der Waals surface area contributed by atoms with Crippen molar-refractivity contribution in [1.29, 1.82) is 0 Å². The predicted molar refractivity (Wildman–Crippen MR) is 81.9 cm³/mol. The van der Waals surface area contributed by atoms with E-state index in [0.29, 0.717) is 24.3 Å². The second kappa shape index (κ2) is 8.46. The topological polar surface area (TPSA) is 55.8 Å². The number of rotatable bonds is 7. The van der Waals surface area contributed by atoms with E-state index in [4.69, 9.17) is 5.11 Å². The largest absolute Gasteiger partial charge is 0.395 e. The quantitative estimate of drug-likeness (QED) is 0.807. The molecule has 0 aliphatic heterocycles. The van der Waals surface area contributed by atoms with Gasteiger partial charge in [0.1, 0.15) is 5.82 Å². The van der Waals surface area contributed by atoms with E-state index in [9.17, 15) is 9.18 Å². The molecule has 2 N–H and O–H groups in total. The second-order valence-corrected chi connectivity index (χ2v) is 5.05. The minimum atomic E-state index is -0.312. The average molecular weight is 297 g/mol. The smallest absolute Gasteiger partial charge is 0.317 e. The number of carbonyl (C=O) groups excluding carboxylic acids is 1. The molecule has 1 aromatic rings. The summed E-state index contributed by atoms with van der Waals surface area (Å²) in [5.41, 5.74) is 1.21. The van der Waals surface area contributed by atoms with Gasteiger partial charge >= 0.3 is 6.03 Å². The zero-order valence-corrected chi connectivity index (χ0v) is 12.9. The monoisotopic (exact) mass is 297 g/mol. The molecule has 0 spiro atoms. The van der Waals surface area contributed by atoms with Gasteiger partial charge in [-0.1, -0.05) is 13.0 Å². The van der Waals surface area contributed by atoms with Crippen LogP contribution in [0.2, 0.25) is 0 Å². The number of halogens is 1. The molecule has 0 aromatic heterocycles. The lowest BCUT2D eigenvalue weighted by molar-refractivity contribution is 0.177. The van der Waals surface area contributed by atoms with E-state index in [2.05, 4.69) is 5.32 Å². The van der Waals surface area contributed by atoms with Crippen LogP contribution in [-0.2, 0) is 6.54 Å². The standard InChI is InChI=1S/C15H24FN3O2/c1-4-7-19(8-9-20)15(21)17-11-12-5-6-14(18(2)3)13(16)10-12/h5-6,10,20H,4,7-9,11H2,1-3H3,(H,17,21). The maximum Gasteiger partial charge on any atom is 0.317 e. The lowest BCUT2D eigenvalue weighted by Crippen LogP contribution is -2.41. The Hall–Kier alpha value is -1.82. The first-order chi connectivity index (χ1) is 9.99. The Labute approximate surface area is 125 Å². The van der Waals surface area contributed by atoms with E-state index < -0.39 is 0 Å². The highest BCUT2D eigenvalue weighted by molar-refractivity contribution is 5.74. The van der Waals surface area contributed by atoms with Gasteiger partial charge in [0.2, 0.25) is 0 Å². The van der Waals surface area contributed by atoms with E-state index in [1.54, 1.807) is 36.0 Å². The van der Waals surface area contributed by atoms with Gasteiger partial charge in [-0.25, -0.2) is 9.18 Å². The van der Waals surface area contributed by atoms with Crippen LogP contribution in [0.5, 0.6) is 0 Å². The Morgan fingerprint density at radius 1 is 1.33 bits per heavy atom. The summed E-state index contributed by atoms with van der Waals surface area (Å²) >= 11 is 0. The normalized spacial score (nSPS) is 10.3. The van der Waals surface area contributed by atoms with Crippen LogP contribution in [0.4, 0.5) is 14.9 Å². The summed E-state index contributed by atoms with van der Waals surface area (Å²) in [5.74, 6) is -0.312. The molecule has 0 heterocycles. The van der Waals surface area contributed by atoms with Crippen molar-refractivity contribution in [3.05, 3.63) is 29.6 Å². The van der Waals surface area contributed by atoms with Crippen LogP contribution in [0.3, 0.4) is 0 Å². The molecule has 21 heavy (non-hydrogen) atoms. The molecule has 0 radical (unpaired) electrons. The fraction of sp³-hybridized carbons (Fsp3) is 0.533. The molecule has 0 bridgehead atoms. The molecule has 0 unspecified atom stereocenters. The van der Waals surface area contributed by atoms with Crippen LogP contribution in [0.1, 0.15) is 18.9 Å². The third-order valence-corrected chi connectivity index (χ3v) is 3.09. The van der Waals surface area contributed by atoms with Crippen LogP contribution in [-0.4, -0.2) is 49.8 Å². The zero-order chi connectivity index (χ0) is 15.8. The van der Waals surface area contributed by atoms with Gasteiger partial charge in [-0.3, -0.25) is 0 Å². The average Bonchev–Trinajstić information content (AvgIpc) is 2.44. The summed E-state index contributed by atoms with van der Waals surface area (Å²) in [4.78, 5) is 15.2. The van der Waals surface area contributed by atoms with Crippen molar-refractivity contribution in [3.8, 4) is 0 Å². The molecule has 1 rings (SSSR count). The second-order valence-electron chi connectivity index (χ2n) is 5.05. The third-order valence-electron chi connectivity index (χ3n) is 3.09. The summed E-state index contributed by atoms with van der Waals surface area (Å²) < 4.78 is 13.8. The van der Waals surface area contributed by atoms with Gasteiger partial charge in [0.25, 0.3) is 0 Å². The third kappa shape index (κ3) is 5.23.